The van der Waals surface area contributed by atoms with E-state index < -0.39 is 0 Å². The van der Waals surface area contributed by atoms with Gasteiger partial charge in [-0.3, -0.25) is 0 Å². The van der Waals surface area contributed by atoms with Crippen LogP contribution in [0.5, 0.6) is 0 Å². The topological polar surface area (TPSA) is 36.9 Å². The molecule has 0 aromatic heterocycles. The highest BCUT2D eigenvalue weighted by Gasteiger charge is 2.36. The summed E-state index contributed by atoms with van der Waals surface area (Å²) in [5.41, 5.74) is 1.03. The minimum Gasteiger partial charge on any atom is -0.356 e. The van der Waals surface area contributed by atoms with Crippen molar-refractivity contribution < 1.29 is 18.9 Å². The molecule has 0 spiro atoms. The number of benzene rings is 1. The lowest BCUT2D eigenvalue weighted by Crippen LogP contribution is -2.44. The molecule has 1 aliphatic rings. The lowest BCUT2D eigenvalue weighted by atomic mass is 10.1. The Hall–Kier alpha value is -0.460. The molecular formula is C14H19BrO4. The second kappa shape index (κ2) is 6.81. The Morgan fingerprint density at radius 2 is 1.95 bits per heavy atom. The Labute approximate surface area is 122 Å². The summed E-state index contributed by atoms with van der Waals surface area (Å²) in [4.78, 5) is 0. The first kappa shape index (κ1) is 14.9. The molecule has 1 aromatic rings. The summed E-state index contributed by atoms with van der Waals surface area (Å²) in [6, 6.07) is 9.91. The van der Waals surface area contributed by atoms with E-state index in [1.165, 1.54) is 0 Å². The quantitative estimate of drug-likeness (QED) is 0.614. The second-order valence-corrected chi connectivity index (χ2v) is 6.31. The molecule has 1 fully saturated rings. The Balaban J connectivity index is 1.84. The first-order valence-electron chi connectivity index (χ1n) is 6.24. The van der Waals surface area contributed by atoms with Gasteiger partial charge >= 0.3 is 0 Å². The number of hydrogen-bond acceptors (Lipinski definition) is 4. The van der Waals surface area contributed by atoms with Gasteiger partial charge in [-0.1, -0.05) is 46.3 Å². The van der Waals surface area contributed by atoms with E-state index in [0.29, 0.717) is 19.8 Å². The molecule has 1 heterocycles. The van der Waals surface area contributed by atoms with Crippen LogP contribution in [0.25, 0.3) is 0 Å². The average Bonchev–Trinajstić information content (AvgIpc) is 2.46. The molecule has 0 amide bonds. The maximum atomic E-state index is 5.76. The Morgan fingerprint density at radius 1 is 1.32 bits per heavy atom. The van der Waals surface area contributed by atoms with Gasteiger partial charge in [0.2, 0.25) is 0 Å². The zero-order valence-corrected chi connectivity index (χ0v) is 12.8. The van der Waals surface area contributed by atoms with Crippen molar-refractivity contribution in [2.75, 3.05) is 26.9 Å². The monoisotopic (exact) mass is 330 g/mol. The highest BCUT2D eigenvalue weighted by atomic mass is 79.9. The zero-order valence-electron chi connectivity index (χ0n) is 11.2. The SMILES string of the molecule is COC(C)OCC1(Br)COC(c2ccccc2)OC1. The van der Waals surface area contributed by atoms with Crippen LogP contribution in [-0.2, 0) is 18.9 Å². The second-order valence-electron chi connectivity index (χ2n) is 4.63. The van der Waals surface area contributed by atoms with Gasteiger partial charge in [-0.2, -0.15) is 0 Å². The van der Waals surface area contributed by atoms with Crippen molar-refractivity contribution in [2.24, 2.45) is 0 Å². The van der Waals surface area contributed by atoms with Crippen LogP contribution in [0.3, 0.4) is 0 Å². The van der Waals surface area contributed by atoms with Crippen LogP contribution >= 0.6 is 15.9 Å². The van der Waals surface area contributed by atoms with Crippen molar-refractivity contribution in [3.05, 3.63) is 35.9 Å². The van der Waals surface area contributed by atoms with Crippen molar-refractivity contribution in [3.8, 4) is 0 Å². The summed E-state index contributed by atoms with van der Waals surface area (Å²) in [5, 5.41) is 0. The predicted octanol–water partition coefficient (Wildman–Crippen LogP) is 2.87. The fourth-order valence-electron chi connectivity index (χ4n) is 1.76. The Kier molecular flexibility index (Phi) is 5.36. The van der Waals surface area contributed by atoms with E-state index >= 15 is 0 Å². The van der Waals surface area contributed by atoms with Crippen LogP contribution in [0, 0.1) is 0 Å². The van der Waals surface area contributed by atoms with Crippen molar-refractivity contribution in [2.45, 2.75) is 23.8 Å². The van der Waals surface area contributed by atoms with Gasteiger partial charge in [0.15, 0.2) is 12.6 Å². The minimum atomic E-state index is -0.314. The average molecular weight is 331 g/mol. The standard InChI is InChI=1S/C14H19BrO4/c1-11(16-2)17-8-14(15)9-18-13(19-10-14)12-6-4-3-5-7-12/h3-7,11,13H,8-10H2,1-2H3. The van der Waals surface area contributed by atoms with Gasteiger partial charge in [0.25, 0.3) is 0 Å². The zero-order chi connectivity index (χ0) is 13.7. The number of halogens is 1. The molecule has 0 bridgehead atoms. The van der Waals surface area contributed by atoms with E-state index in [0.717, 1.165) is 5.56 Å². The summed E-state index contributed by atoms with van der Waals surface area (Å²) < 4.78 is 21.8. The number of hydrogen-bond donors (Lipinski definition) is 0. The highest BCUT2D eigenvalue weighted by Crippen LogP contribution is 2.32. The molecular weight excluding hydrogens is 312 g/mol. The van der Waals surface area contributed by atoms with Gasteiger partial charge < -0.3 is 18.9 Å². The summed E-state index contributed by atoms with van der Waals surface area (Å²) >= 11 is 3.62. The van der Waals surface area contributed by atoms with Crippen molar-refractivity contribution in [3.63, 3.8) is 0 Å². The van der Waals surface area contributed by atoms with Crippen molar-refractivity contribution in [1.29, 1.82) is 0 Å². The normalized spacial score (nSPS) is 29.1. The summed E-state index contributed by atoms with van der Waals surface area (Å²) in [6.45, 7) is 3.39. The smallest absolute Gasteiger partial charge is 0.183 e. The lowest BCUT2D eigenvalue weighted by molar-refractivity contribution is -0.210. The van der Waals surface area contributed by atoms with Crippen molar-refractivity contribution in [1.82, 2.24) is 0 Å². The van der Waals surface area contributed by atoms with E-state index in [1.807, 2.05) is 37.3 Å². The Bertz CT molecular complexity index is 376. The third-order valence-electron chi connectivity index (χ3n) is 2.97. The fraction of sp³-hybridized carbons (Fsp3) is 0.571. The molecule has 0 aliphatic carbocycles. The molecule has 0 saturated carbocycles. The molecule has 1 aromatic carbocycles. The van der Waals surface area contributed by atoms with Gasteiger partial charge in [-0.15, -0.1) is 0 Å². The molecule has 106 valence electrons. The molecule has 5 heteroatoms. The molecule has 0 N–H and O–H groups in total. The van der Waals surface area contributed by atoms with Crippen LogP contribution in [-0.4, -0.2) is 37.5 Å². The van der Waals surface area contributed by atoms with E-state index in [9.17, 15) is 0 Å². The summed E-state index contributed by atoms with van der Waals surface area (Å²) in [5.74, 6) is 0. The molecule has 1 unspecified atom stereocenters. The maximum absolute atomic E-state index is 5.76. The van der Waals surface area contributed by atoms with Crippen LogP contribution in [0.4, 0.5) is 0 Å². The molecule has 19 heavy (non-hydrogen) atoms. The third-order valence-corrected chi connectivity index (χ3v) is 3.65. The first-order valence-corrected chi connectivity index (χ1v) is 7.04. The predicted molar refractivity (Wildman–Crippen MR) is 75.2 cm³/mol. The van der Waals surface area contributed by atoms with Gasteiger partial charge in [0, 0.05) is 12.7 Å². The number of rotatable bonds is 5. The molecule has 0 radical (unpaired) electrons. The number of alkyl halides is 1. The van der Waals surface area contributed by atoms with Gasteiger partial charge in [-0.25, -0.2) is 0 Å². The van der Waals surface area contributed by atoms with E-state index in [4.69, 9.17) is 18.9 Å². The van der Waals surface area contributed by atoms with Gasteiger partial charge in [0.05, 0.1) is 24.1 Å². The lowest BCUT2D eigenvalue weighted by Gasteiger charge is -2.36. The van der Waals surface area contributed by atoms with Crippen LogP contribution < -0.4 is 0 Å². The van der Waals surface area contributed by atoms with Crippen molar-refractivity contribution >= 4 is 15.9 Å². The molecule has 4 nitrogen and oxygen atoms in total. The van der Waals surface area contributed by atoms with E-state index in [1.54, 1.807) is 7.11 Å². The van der Waals surface area contributed by atoms with Crippen LogP contribution in [0.15, 0.2) is 30.3 Å². The van der Waals surface area contributed by atoms with Gasteiger partial charge in [0.1, 0.15) is 0 Å². The largest absolute Gasteiger partial charge is 0.356 e. The fourth-order valence-corrected chi connectivity index (χ4v) is 2.16. The van der Waals surface area contributed by atoms with Crippen LogP contribution in [0.2, 0.25) is 0 Å². The van der Waals surface area contributed by atoms with E-state index in [2.05, 4.69) is 15.9 Å². The molecule has 1 aliphatic heterocycles. The molecule has 2 rings (SSSR count). The minimum absolute atomic E-state index is 0.235. The first-order chi connectivity index (χ1) is 9.13. The van der Waals surface area contributed by atoms with Crippen LogP contribution in [0.1, 0.15) is 18.8 Å². The summed E-state index contributed by atoms with van der Waals surface area (Å²) in [6.07, 6.45) is -0.534. The molecule has 1 atom stereocenters. The van der Waals surface area contributed by atoms with E-state index in [-0.39, 0.29) is 16.9 Å². The summed E-state index contributed by atoms with van der Waals surface area (Å²) in [7, 11) is 1.62. The highest BCUT2D eigenvalue weighted by molar-refractivity contribution is 9.10. The van der Waals surface area contributed by atoms with Gasteiger partial charge in [-0.05, 0) is 6.92 Å². The maximum Gasteiger partial charge on any atom is 0.183 e. The Morgan fingerprint density at radius 3 is 2.53 bits per heavy atom. The number of methoxy groups -OCH3 is 1. The molecule has 1 saturated heterocycles. The number of ether oxygens (including phenoxy) is 4. The third kappa shape index (κ3) is 4.26.